The number of halogens is 3. The molecule has 0 spiro atoms. The van der Waals surface area contributed by atoms with Gasteiger partial charge in [-0.2, -0.15) is 13.2 Å². The first kappa shape index (κ1) is 15.7. The molecular weight excluding hydrogens is 287 g/mol. The van der Waals surface area contributed by atoms with Gasteiger partial charge in [0.1, 0.15) is 18.7 Å². The Morgan fingerprint density at radius 1 is 1.33 bits per heavy atom. The van der Waals surface area contributed by atoms with Gasteiger partial charge in [-0.25, -0.2) is 4.98 Å². The molecule has 0 aromatic carbocycles. The van der Waals surface area contributed by atoms with Gasteiger partial charge >= 0.3 is 6.18 Å². The van der Waals surface area contributed by atoms with Gasteiger partial charge in [0, 0.05) is 19.0 Å². The first-order valence-electron chi connectivity index (χ1n) is 6.63. The lowest BCUT2D eigenvalue weighted by Gasteiger charge is -2.30. The molecule has 0 radical (unpaired) electrons. The molecule has 1 aromatic rings. The van der Waals surface area contributed by atoms with Crippen LogP contribution in [0.4, 0.5) is 19.0 Å². The summed E-state index contributed by atoms with van der Waals surface area (Å²) in [5.41, 5.74) is 0.356. The van der Waals surface area contributed by atoms with Gasteiger partial charge in [0.15, 0.2) is 0 Å². The summed E-state index contributed by atoms with van der Waals surface area (Å²) in [4.78, 5) is 20.9. The molecule has 1 aromatic heterocycles. The van der Waals surface area contributed by atoms with E-state index in [2.05, 4.69) is 14.7 Å². The summed E-state index contributed by atoms with van der Waals surface area (Å²) < 4.78 is 40.6. The van der Waals surface area contributed by atoms with Crippen LogP contribution in [0.5, 0.6) is 0 Å². The van der Waals surface area contributed by atoms with E-state index in [0.717, 1.165) is 19.1 Å². The molecule has 1 saturated heterocycles. The molecule has 2 heterocycles. The molecule has 1 aliphatic heterocycles. The van der Waals surface area contributed by atoms with Crippen molar-refractivity contribution in [1.29, 1.82) is 0 Å². The number of rotatable bonds is 5. The maximum Gasteiger partial charge on any atom is 0.411 e. The second-order valence-corrected chi connectivity index (χ2v) is 4.94. The minimum Gasteiger partial charge on any atom is -0.366 e. The molecule has 0 aliphatic carbocycles. The fourth-order valence-electron chi connectivity index (χ4n) is 2.15. The average molecular weight is 303 g/mol. The summed E-state index contributed by atoms with van der Waals surface area (Å²) in [5.74, 6) is 0.681. The minimum absolute atomic E-state index is 0.0764. The highest BCUT2D eigenvalue weighted by Crippen LogP contribution is 2.20. The minimum atomic E-state index is -4.35. The summed E-state index contributed by atoms with van der Waals surface area (Å²) in [5, 5.41) is 0. The van der Waals surface area contributed by atoms with Crippen LogP contribution < -0.4 is 4.90 Å². The quantitative estimate of drug-likeness (QED) is 0.778. The van der Waals surface area contributed by atoms with Crippen molar-refractivity contribution in [2.24, 2.45) is 5.92 Å². The molecule has 116 valence electrons. The summed E-state index contributed by atoms with van der Waals surface area (Å²) in [6.07, 6.45) is 1.07. The van der Waals surface area contributed by atoms with Gasteiger partial charge in [-0.3, -0.25) is 4.98 Å². The second-order valence-electron chi connectivity index (χ2n) is 4.94. The second kappa shape index (κ2) is 6.84. The van der Waals surface area contributed by atoms with Crippen LogP contribution in [-0.4, -0.2) is 42.1 Å². The molecular formula is C13H16F3N3O2. The van der Waals surface area contributed by atoms with Crippen LogP contribution >= 0.6 is 0 Å². The first-order valence-corrected chi connectivity index (χ1v) is 6.63. The van der Waals surface area contributed by atoms with Crippen molar-refractivity contribution in [2.75, 3.05) is 24.6 Å². The number of ether oxygens (including phenoxy) is 1. The zero-order valence-corrected chi connectivity index (χ0v) is 11.3. The summed E-state index contributed by atoms with van der Waals surface area (Å²) in [6, 6.07) is 0. The van der Waals surface area contributed by atoms with E-state index >= 15 is 0 Å². The predicted octanol–water partition coefficient (Wildman–Crippen LogP) is 1.97. The standard InChI is InChI=1S/C13H16F3N3O2/c14-13(15,16)9-21-8-11-5-17-6-12(18-11)19-3-1-10(7-20)2-4-19/h5-7,10H,1-4,8-9H2. The Labute approximate surface area is 120 Å². The maximum absolute atomic E-state index is 12.0. The number of aldehydes is 1. The topological polar surface area (TPSA) is 55.3 Å². The number of aromatic nitrogens is 2. The highest BCUT2D eigenvalue weighted by molar-refractivity contribution is 5.54. The molecule has 2 rings (SSSR count). The van der Waals surface area contributed by atoms with Crippen molar-refractivity contribution < 1.29 is 22.7 Å². The zero-order valence-electron chi connectivity index (χ0n) is 11.3. The van der Waals surface area contributed by atoms with Gasteiger partial charge in [-0.15, -0.1) is 0 Å². The van der Waals surface area contributed by atoms with Gasteiger partial charge in [-0.05, 0) is 12.8 Å². The average Bonchev–Trinajstić information content (AvgIpc) is 2.46. The van der Waals surface area contributed by atoms with Crippen LogP contribution in [0.2, 0.25) is 0 Å². The van der Waals surface area contributed by atoms with Crippen LogP contribution in [0.1, 0.15) is 18.5 Å². The van der Waals surface area contributed by atoms with E-state index in [1.54, 1.807) is 6.20 Å². The Bertz CT molecular complexity index is 474. The smallest absolute Gasteiger partial charge is 0.366 e. The van der Waals surface area contributed by atoms with E-state index < -0.39 is 12.8 Å². The van der Waals surface area contributed by atoms with Crippen LogP contribution in [0, 0.1) is 5.92 Å². The Morgan fingerprint density at radius 3 is 2.67 bits per heavy atom. The Balaban J connectivity index is 1.90. The van der Waals surface area contributed by atoms with Gasteiger partial charge in [0.2, 0.25) is 0 Å². The van der Waals surface area contributed by atoms with Crippen LogP contribution in [-0.2, 0) is 16.1 Å². The number of anilines is 1. The maximum atomic E-state index is 12.0. The van der Waals surface area contributed by atoms with E-state index in [4.69, 9.17) is 0 Å². The Hall–Kier alpha value is -1.70. The molecule has 0 saturated carbocycles. The van der Waals surface area contributed by atoms with Crippen molar-refractivity contribution >= 4 is 12.1 Å². The number of piperidine rings is 1. The fraction of sp³-hybridized carbons (Fsp3) is 0.615. The summed E-state index contributed by atoms with van der Waals surface area (Å²) >= 11 is 0. The molecule has 0 amide bonds. The van der Waals surface area contributed by atoms with E-state index in [9.17, 15) is 18.0 Å². The lowest BCUT2D eigenvalue weighted by molar-refractivity contribution is -0.176. The van der Waals surface area contributed by atoms with E-state index in [-0.39, 0.29) is 12.5 Å². The van der Waals surface area contributed by atoms with E-state index in [1.165, 1.54) is 6.20 Å². The van der Waals surface area contributed by atoms with Crippen molar-refractivity contribution in [2.45, 2.75) is 25.6 Å². The number of alkyl halides is 3. The number of carbonyl (C=O) groups excluding carboxylic acids is 1. The fourth-order valence-corrected chi connectivity index (χ4v) is 2.15. The lowest BCUT2D eigenvalue weighted by atomic mass is 9.99. The monoisotopic (exact) mass is 303 g/mol. The third-order valence-corrected chi connectivity index (χ3v) is 3.24. The van der Waals surface area contributed by atoms with Crippen LogP contribution in [0.3, 0.4) is 0 Å². The van der Waals surface area contributed by atoms with E-state index in [1.807, 2.05) is 4.90 Å². The van der Waals surface area contributed by atoms with Crippen molar-refractivity contribution in [3.63, 3.8) is 0 Å². The normalized spacial score (nSPS) is 17.0. The number of hydrogen-bond donors (Lipinski definition) is 0. The molecule has 1 aliphatic rings. The van der Waals surface area contributed by atoms with Gasteiger partial charge in [0.25, 0.3) is 0 Å². The van der Waals surface area contributed by atoms with Gasteiger partial charge in [0.05, 0.1) is 24.7 Å². The van der Waals surface area contributed by atoms with Crippen LogP contribution in [0.25, 0.3) is 0 Å². The molecule has 0 N–H and O–H groups in total. The molecule has 5 nitrogen and oxygen atoms in total. The van der Waals surface area contributed by atoms with Crippen molar-refractivity contribution in [3.05, 3.63) is 18.1 Å². The predicted molar refractivity (Wildman–Crippen MR) is 68.7 cm³/mol. The highest BCUT2D eigenvalue weighted by Gasteiger charge is 2.27. The molecule has 0 unspecified atom stereocenters. The molecule has 0 atom stereocenters. The van der Waals surface area contributed by atoms with Gasteiger partial charge < -0.3 is 14.4 Å². The number of nitrogens with zero attached hydrogens (tertiary/aromatic N) is 3. The number of carbonyl (C=O) groups is 1. The number of hydrogen-bond acceptors (Lipinski definition) is 5. The largest absolute Gasteiger partial charge is 0.411 e. The third-order valence-electron chi connectivity index (χ3n) is 3.24. The van der Waals surface area contributed by atoms with Gasteiger partial charge in [-0.1, -0.05) is 0 Å². The summed E-state index contributed by atoms with van der Waals surface area (Å²) in [7, 11) is 0. The van der Waals surface area contributed by atoms with E-state index in [0.29, 0.717) is 24.6 Å². The van der Waals surface area contributed by atoms with Crippen LogP contribution in [0.15, 0.2) is 12.4 Å². The SMILES string of the molecule is O=CC1CCN(c2cncc(COCC(F)(F)F)n2)CC1. The highest BCUT2D eigenvalue weighted by atomic mass is 19.4. The molecule has 1 fully saturated rings. The zero-order chi connectivity index (χ0) is 15.3. The Kier molecular flexibility index (Phi) is 5.11. The summed E-state index contributed by atoms with van der Waals surface area (Å²) in [6.45, 7) is -0.162. The first-order chi connectivity index (χ1) is 9.98. The molecule has 21 heavy (non-hydrogen) atoms. The molecule has 8 heteroatoms. The molecule has 0 bridgehead atoms. The van der Waals surface area contributed by atoms with Crippen molar-refractivity contribution in [3.8, 4) is 0 Å². The van der Waals surface area contributed by atoms with Crippen molar-refractivity contribution in [1.82, 2.24) is 9.97 Å². The lowest BCUT2D eigenvalue weighted by Crippen LogP contribution is -2.34. The Morgan fingerprint density at radius 2 is 2.05 bits per heavy atom. The third kappa shape index (κ3) is 4.96.